The molecular weight excluding hydrogens is 560 g/mol. The maximum absolute atomic E-state index is 13.9. The van der Waals surface area contributed by atoms with Crippen LogP contribution in [0.4, 0.5) is 0 Å². The second-order valence-electron chi connectivity index (χ2n) is 9.18. The summed E-state index contributed by atoms with van der Waals surface area (Å²) in [6.07, 6.45) is 1.64. The highest BCUT2D eigenvalue weighted by atomic mass is 32.1. The maximum atomic E-state index is 13.9. The van der Waals surface area contributed by atoms with E-state index in [0.717, 1.165) is 5.56 Å². The highest BCUT2D eigenvalue weighted by molar-refractivity contribution is 7.07. The van der Waals surface area contributed by atoms with Gasteiger partial charge in [0.05, 0.1) is 49.3 Å². The Kier molecular flexibility index (Phi) is 8.12. The molecule has 0 radical (unpaired) electrons. The van der Waals surface area contributed by atoms with Crippen molar-refractivity contribution in [2.75, 3.05) is 27.9 Å². The number of aromatic nitrogens is 1. The van der Waals surface area contributed by atoms with Gasteiger partial charge in [-0.2, -0.15) is 0 Å². The molecule has 0 fully saturated rings. The third-order valence-corrected chi connectivity index (χ3v) is 7.73. The van der Waals surface area contributed by atoms with Crippen LogP contribution in [0.1, 0.15) is 41.6 Å². The van der Waals surface area contributed by atoms with Crippen LogP contribution in [0, 0.1) is 0 Å². The summed E-state index contributed by atoms with van der Waals surface area (Å²) in [5, 5.41) is 0. The van der Waals surface area contributed by atoms with Gasteiger partial charge >= 0.3 is 11.9 Å². The minimum atomic E-state index is -0.844. The van der Waals surface area contributed by atoms with Gasteiger partial charge < -0.3 is 23.4 Å². The Hall–Kier alpha value is -4.90. The zero-order valence-electron chi connectivity index (χ0n) is 23.6. The highest BCUT2D eigenvalue weighted by Gasteiger charge is 2.35. The normalized spacial score (nSPS) is 14.7. The third kappa shape index (κ3) is 5.26. The number of ether oxygens (including phenoxy) is 4. The number of thiazole rings is 1. The summed E-state index contributed by atoms with van der Waals surface area (Å²) in [5.74, 6) is 1.03. The first-order valence-electron chi connectivity index (χ1n) is 13.0. The fourth-order valence-corrected chi connectivity index (χ4v) is 5.76. The molecule has 1 aliphatic heterocycles. The van der Waals surface area contributed by atoms with Crippen LogP contribution in [0.3, 0.4) is 0 Å². The summed E-state index contributed by atoms with van der Waals surface area (Å²) in [7, 11) is 4.39. The van der Waals surface area contributed by atoms with Gasteiger partial charge in [0.15, 0.2) is 4.80 Å². The minimum Gasteiger partial charge on any atom is -0.497 e. The molecule has 0 saturated carbocycles. The fourth-order valence-electron chi connectivity index (χ4n) is 4.73. The molecule has 0 saturated heterocycles. The number of nitrogens with zero attached hydrogens (tertiary/aromatic N) is 2. The van der Waals surface area contributed by atoms with E-state index in [2.05, 4.69) is 4.99 Å². The molecule has 0 unspecified atom stereocenters. The smallest absolute Gasteiger partial charge is 0.338 e. The first-order chi connectivity index (χ1) is 20.3. The van der Waals surface area contributed by atoms with Gasteiger partial charge in [-0.1, -0.05) is 23.5 Å². The second kappa shape index (κ2) is 11.9. The van der Waals surface area contributed by atoms with Crippen molar-refractivity contribution in [3.8, 4) is 22.8 Å². The molecule has 0 amide bonds. The molecule has 11 heteroatoms. The van der Waals surface area contributed by atoms with Crippen molar-refractivity contribution in [2.24, 2.45) is 4.99 Å². The van der Waals surface area contributed by atoms with Crippen molar-refractivity contribution < 1.29 is 33.0 Å². The number of hydrogen-bond acceptors (Lipinski definition) is 10. The topological polar surface area (TPSA) is 119 Å². The molecule has 0 aliphatic carbocycles. The van der Waals surface area contributed by atoms with Crippen molar-refractivity contribution in [2.45, 2.75) is 19.9 Å². The Balaban J connectivity index is 1.61. The lowest BCUT2D eigenvalue weighted by Crippen LogP contribution is -2.40. The number of carbonyl (C=O) groups is 2. The van der Waals surface area contributed by atoms with E-state index in [1.54, 1.807) is 81.6 Å². The van der Waals surface area contributed by atoms with Crippen LogP contribution in [-0.4, -0.2) is 44.4 Å². The Bertz CT molecular complexity index is 1880. The first kappa shape index (κ1) is 28.6. The Labute approximate surface area is 244 Å². The average molecular weight is 589 g/mol. The number of fused-ring (bicyclic) bond motifs is 1. The van der Waals surface area contributed by atoms with Gasteiger partial charge in [-0.05, 0) is 50.2 Å². The summed E-state index contributed by atoms with van der Waals surface area (Å²) in [6.45, 7) is 3.60. The molecule has 1 aliphatic rings. The number of esters is 2. The second-order valence-corrected chi connectivity index (χ2v) is 10.2. The molecule has 4 aromatic rings. The zero-order valence-corrected chi connectivity index (χ0v) is 24.4. The molecule has 10 nitrogen and oxygen atoms in total. The summed E-state index contributed by atoms with van der Waals surface area (Å²) in [4.78, 5) is 43.9. The first-order valence-corrected chi connectivity index (χ1v) is 13.8. The van der Waals surface area contributed by atoms with Crippen molar-refractivity contribution in [1.29, 1.82) is 0 Å². The Morgan fingerprint density at radius 1 is 1.02 bits per heavy atom. The fraction of sp³-hybridized carbons (Fsp3) is 0.226. The molecule has 2 aromatic carbocycles. The molecule has 1 atom stereocenters. The molecule has 0 bridgehead atoms. The number of allylic oxidation sites excluding steroid dienone is 1. The number of carbonyl (C=O) groups excluding carboxylic acids is 2. The molecule has 42 heavy (non-hydrogen) atoms. The standard InChI is InChI=1S/C31H28N2O8S/c1-6-40-30(36)26-17(2)32-31-33(27(26)22-13-11-20(37-3)15-24(22)38-4)28(34)25(42-31)16-21-12-14-23(41-21)18-7-9-19(10-8-18)29(35)39-5/h7-16,27H,6H2,1-5H3/b25-16-/t27-/m0/s1. The van der Waals surface area contributed by atoms with Crippen molar-refractivity contribution in [3.63, 3.8) is 0 Å². The number of methoxy groups -OCH3 is 3. The van der Waals surface area contributed by atoms with E-state index in [-0.39, 0.29) is 17.7 Å². The summed E-state index contributed by atoms with van der Waals surface area (Å²) >= 11 is 1.18. The maximum Gasteiger partial charge on any atom is 0.338 e. The van der Waals surface area contributed by atoms with Crippen molar-refractivity contribution in [1.82, 2.24) is 4.57 Å². The molecular formula is C31H28N2O8S. The Morgan fingerprint density at radius 2 is 1.79 bits per heavy atom. The van der Waals surface area contributed by atoms with Crippen LogP contribution < -0.4 is 24.4 Å². The number of benzene rings is 2. The molecule has 0 spiro atoms. The quantitative estimate of drug-likeness (QED) is 0.285. The monoisotopic (exact) mass is 588 g/mol. The lowest BCUT2D eigenvalue weighted by atomic mass is 9.95. The van der Waals surface area contributed by atoms with Crippen LogP contribution in [-0.2, 0) is 14.3 Å². The van der Waals surface area contributed by atoms with E-state index < -0.39 is 18.0 Å². The Morgan fingerprint density at radius 3 is 2.45 bits per heavy atom. The lowest BCUT2D eigenvalue weighted by molar-refractivity contribution is -0.139. The lowest BCUT2D eigenvalue weighted by Gasteiger charge is -2.26. The van der Waals surface area contributed by atoms with Gasteiger partial charge in [0.2, 0.25) is 0 Å². The number of hydrogen-bond donors (Lipinski definition) is 0. The molecule has 216 valence electrons. The van der Waals surface area contributed by atoms with E-state index in [1.165, 1.54) is 30.1 Å². The largest absolute Gasteiger partial charge is 0.497 e. The predicted molar refractivity (Wildman–Crippen MR) is 155 cm³/mol. The van der Waals surface area contributed by atoms with Crippen LogP contribution in [0.5, 0.6) is 11.5 Å². The van der Waals surface area contributed by atoms with Gasteiger partial charge in [-0.15, -0.1) is 0 Å². The average Bonchev–Trinajstić information content (AvgIpc) is 3.59. The van der Waals surface area contributed by atoms with Crippen LogP contribution in [0.15, 0.2) is 80.1 Å². The summed E-state index contributed by atoms with van der Waals surface area (Å²) < 4.78 is 29.0. The van der Waals surface area contributed by atoms with Crippen molar-refractivity contribution >= 4 is 29.4 Å². The van der Waals surface area contributed by atoms with Gasteiger partial charge in [0.1, 0.15) is 29.1 Å². The van der Waals surface area contributed by atoms with Gasteiger partial charge in [-0.3, -0.25) is 9.36 Å². The molecule has 5 rings (SSSR count). The van der Waals surface area contributed by atoms with Gasteiger partial charge in [0.25, 0.3) is 5.56 Å². The predicted octanol–water partition coefficient (Wildman–Crippen LogP) is 3.86. The number of rotatable bonds is 8. The van der Waals surface area contributed by atoms with E-state index >= 15 is 0 Å². The molecule has 0 N–H and O–H groups in total. The minimum absolute atomic E-state index is 0.165. The number of furan rings is 1. The zero-order chi connectivity index (χ0) is 30.0. The SMILES string of the molecule is CCOC(=O)C1=C(C)N=c2s/c(=C\c3ccc(-c4ccc(C(=O)OC)cc4)o3)c(=O)n2[C@H]1c1ccc(OC)cc1OC. The van der Waals surface area contributed by atoms with E-state index in [4.69, 9.17) is 23.4 Å². The van der Waals surface area contributed by atoms with E-state index in [1.807, 2.05) is 0 Å². The van der Waals surface area contributed by atoms with Gasteiger partial charge in [-0.25, -0.2) is 14.6 Å². The highest BCUT2D eigenvalue weighted by Crippen LogP contribution is 2.37. The summed E-state index contributed by atoms with van der Waals surface area (Å²) in [6, 6.07) is 14.7. The third-order valence-electron chi connectivity index (χ3n) is 6.74. The van der Waals surface area contributed by atoms with E-state index in [0.29, 0.717) is 49.2 Å². The molecule has 3 heterocycles. The van der Waals surface area contributed by atoms with Crippen molar-refractivity contribution in [3.05, 3.63) is 102 Å². The van der Waals surface area contributed by atoms with Crippen LogP contribution in [0.25, 0.3) is 17.4 Å². The van der Waals surface area contributed by atoms with Crippen LogP contribution in [0.2, 0.25) is 0 Å². The molecule has 2 aromatic heterocycles. The van der Waals surface area contributed by atoms with Crippen LogP contribution >= 0.6 is 11.3 Å². The summed E-state index contributed by atoms with van der Waals surface area (Å²) in [5.41, 5.74) is 2.10. The van der Waals surface area contributed by atoms with Gasteiger partial charge in [0, 0.05) is 23.3 Å². The van der Waals surface area contributed by atoms with E-state index in [9.17, 15) is 14.4 Å².